The highest BCUT2D eigenvalue weighted by Crippen LogP contribution is 2.27. The lowest BCUT2D eigenvalue weighted by Gasteiger charge is -2.28. The normalized spacial score (nSPS) is 12.4. The molecule has 3 aromatic heterocycles. The van der Waals surface area contributed by atoms with Crippen LogP contribution in [0.25, 0.3) is 22.4 Å². The molecule has 0 aliphatic heterocycles. The van der Waals surface area contributed by atoms with Crippen LogP contribution in [0.2, 0.25) is 0 Å². The Morgan fingerprint density at radius 2 is 1.90 bits per heavy atom. The number of rotatable bonds is 8. The predicted molar refractivity (Wildman–Crippen MR) is 119 cm³/mol. The number of carbonyl (C=O) groups excluding carboxylic acids is 1. The van der Waals surface area contributed by atoms with Gasteiger partial charge in [-0.1, -0.05) is 49.3 Å². The van der Waals surface area contributed by atoms with Crippen LogP contribution in [0.3, 0.4) is 0 Å². The molecule has 0 saturated carbocycles. The first-order valence-corrected chi connectivity index (χ1v) is 10.5. The second kappa shape index (κ2) is 9.14. The number of benzene rings is 1. The van der Waals surface area contributed by atoms with Crippen LogP contribution in [-0.2, 0) is 0 Å². The van der Waals surface area contributed by atoms with Gasteiger partial charge in [0.05, 0.1) is 34.6 Å². The molecule has 0 radical (unpaired) electrons. The topological polar surface area (TPSA) is 84.4 Å². The van der Waals surface area contributed by atoms with Crippen LogP contribution in [0.4, 0.5) is 0 Å². The molecule has 0 bridgehead atoms. The molecule has 1 aromatic carbocycles. The van der Waals surface area contributed by atoms with E-state index in [2.05, 4.69) is 34.2 Å². The van der Waals surface area contributed by atoms with Crippen molar-refractivity contribution in [1.29, 1.82) is 0 Å². The fraction of sp³-hybridized carbons (Fsp3) is 0.292. The van der Waals surface area contributed by atoms with Crippen molar-refractivity contribution in [3.63, 3.8) is 0 Å². The Bertz CT molecular complexity index is 1150. The van der Waals surface area contributed by atoms with Crippen molar-refractivity contribution in [2.24, 2.45) is 0 Å². The lowest BCUT2D eigenvalue weighted by molar-refractivity contribution is 0.0931. The average molecular weight is 418 g/mol. The average Bonchev–Trinajstić information content (AvgIpc) is 3.47. The Hall–Kier alpha value is -3.45. The molecule has 0 saturated heterocycles. The number of hydrogen-bond donors (Lipinski definition) is 1. The maximum absolute atomic E-state index is 13.3. The quantitative estimate of drug-likeness (QED) is 0.450. The Morgan fingerprint density at radius 3 is 2.58 bits per heavy atom. The monoisotopic (exact) mass is 418 g/mol. The molecular weight excluding hydrogens is 392 g/mol. The predicted octanol–water partition coefficient (Wildman–Crippen LogP) is 4.60. The lowest BCUT2D eigenvalue weighted by atomic mass is 10.0. The highest BCUT2D eigenvalue weighted by Gasteiger charge is 2.24. The van der Waals surface area contributed by atoms with E-state index in [9.17, 15) is 4.79 Å². The van der Waals surface area contributed by atoms with Crippen molar-refractivity contribution in [1.82, 2.24) is 20.4 Å². The summed E-state index contributed by atoms with van der Waals surface area (Å²) in [6.07, 6.45) is 1.66. The van der Waals surface area contributed by atoms with Crippen LogP contribution < -0.4 is 5.32 Å². The molecule has 7 heteroatoms. The van der Waals surface area contributed by atoms with E-state index in [1.54, 1.807) is 12.3 Å². The minimum atomic E-state index is -0.195. The van der Waals surface area contributed by atoms with Crippen LogP contribution >= 0.6 is 0 Å². The van der Waals surface area contributed by atoms with Gasteiger partial charge in [0.25, 0.3) is 11.6 Å². The van der Waals surface area contributed by atoms with Gasteiger partial charge in [0.2, 0.25) is 0 Å². The van der Waals surface area contributed by atoms with Crippen LogP contribution in [0, 0.1) is 6.92 Å². The number of aryl methyl sites for hydroxylation is 1. The van der Waals surface area contributed by atoms with Crippen molar-refractivity contribution in [2.45, 2.75) is 26.8 Å². The number of pyridine rings is 1. The summed E-state index contributed by atoms with van der Waals surface area (Å²) in [6.45, 7) is 8.12. The Morgan fingerprint density at radius 1 is 1.13 bits per heavy atom. The molecule has 1 N–H and O–H groups in total. The molecule has 0 spiro atoms. The number of aromatic nitrogens is 2. The zero-order valence-corrected chi connectivity index (χ0v) is 18.0. The molecule has 1 amide bonds. The molecule has 0 fully saturated rings. The van der Waals surface area contributed by atoms with Crippen LogP contribution in [0.1, 0.15) is 41.7 Å². The summed E-state index contributed by atoms with van der Waals surface area (Å²) in [7, 11) is 0. The van der Waals surface area contributed by atoms with Gasteiger partial charge in [0.1, 0.15) is 5.76 Å². The molecule has 4 aromatic rings. The number of likely N-dealkylation sites (N-methyl/N-ethyl adjacent to an activating group) is 1. The summed E-state index contributed by atoms with van der Waals surface area (Å²) in [5, 5.41) is 7.74. The fourth-order valence-electron chi connectivity index (χ4n) is 3.87. The van der Waals surface area contributed by atoms with E-state index in [1.165, 1.54) is 0 Å². The molecular formula is C24H26N4O3. The maximum atomic E-state index is 13.3. The highest BCUT2D eigenvalue weighted by atomic mass is 16.5. The van der Waals surface area contributed by atoms with E-state index in [-0.39, 0.29) is 11.9 Å². The summed E-state index contributed by atoms with van der Waals surface area (Å²) in [5.74, 6) is 0.634. The van der Waals surface area contributed by atoms with Gasteiger partial charge in [-0.25, -0.2) is 4.98 Å². The lowest BCUT2D eigenvalue weighted by Crippen LogP contribution is -2.38. The van der Waals surface area contributed by atoms with Crippen molar-refractivity contribution < 1.29 is 13.7 Å². The summed E-state index contributed by atoms with van der Waals surface area (Å²) >= 11 is 0. The fourth-order valence-corrected chi connectivity index (χ4v) is 3.87. The summed E-state index contributed by atoms with van der Waals surface area (Å²) in [5.41, 5.74) is 3.07. The van der Waals surface area contributed by atoms with Gasteiger partial charge in [-0.15, -0.1) is 0 Å². The first-order valence-electron chi connectivity index (χ1n) is 10.5. The molecule has 0 aliphatic carbocycles. The molecule has 7 nitrogen and oxygen atoms in total. The molecule has 4 rings (SSSR count). The van der Waals surface area contributed by atoms with E-state index in [0.29, 0.717) is 34.6 Å². The first-order chi connectivity index (χ1) is 15.1. The minimum absolute atomic E-state index is 0.0524. The van der Waals surface area contributed by atoms with Gasteiger partial charge in [-0.05, 0) is 38.2 Å². The van der Waals surface area contributed by atoms with Gasteiger partial charge >= 0.3 is 0 Å². The highest BCUT2D eigenvalue weighted by molar-refractivity contribution is 6.07. The van der Waals surface area contributed by atoms with E-state index in [1.807, 2.05) is 49.4 Å². The number of carbonyl (C=O) groups is 1. The molecule has 1 unspecified atom stereocenters. The number of nitrogens with one attached hydrogen (secondary N) is 1. The molecule has 160 valence electrons. The Kier molecular flexibility index (Phi) is 6.13. The zero-order chi connectivity index (χ0) is 21.8. The largest absolute Gasteiger partial charge is 0.468 e. The SMILES string of the molecule is CCN(CC)C(CNC(=O)c1cc(-c2ccccc2)nc2onc(C)c12)c1ccco1. The third-order valence-corrected chi connectivity index (χ3v) is 5.51. The molecule has 0 aliphatic rings. The Labute approximate surface area is 181 Å². The van der Waals surface area contributed by atoms with E-state index < -0.39 is 0 Å². The number of furan rings is 1. The first kappa shape index (κ1) is 20.8. The number of nitrogens with zero attached hydrogens (tertiary/aromatic N) is 3. The molecule has 31 heavy (non-hydrogen) atoms. The van der Waals surface area contributed by atoms with Gasteiger partial charge in [0.15, 0.2) is 0 Å². The smallest absolute Gasteiger partial charge is 0.259 e. The van der Waals surface area contributed by atoms with Gasteiger partial charge < -0.3 is 14.3 Å². The van der Waals surface area contributed by atoms with E-state index >= 15 is 0 Å². The van der Waals surface area contributed by atoms with E-state index in [4.69, 9.17) is 8.94 Å². The number of fused-ring (bicyclic) bond motifs is 1. The third-order valence-electron chi connectivity index (χ3n) is 5.51. The number of amides is 1. The maximum Gasteiger partial charge on any atom is 0.259 e. The van der Waals surface area contributed by atoms with Crippen molar-refractivity contribution in [3.8, 4) is 11.3 Å². The van der Waals surface area contributed by atoms with Crippen molar-refractivity contribution >= 4 is 17.0 Å². The van der Waals surface area contributed by atoms with Crippen LogP contribution in [0.5, 0.6) is 0 Å². The number of hydrogen-bond acceptors (Lipinski definition) is 6. The van der Waals surface area contributed by atoms with Crippen LogP contribution in [0.15, 0.2) is 63.7 Å². The van der Waals surface area contributed by atoms with Crippen molar-refractivity contribution in [3.05, 3.63) is 71.8 Å². The molecule has 3 heterocycles. The summed E-state index contributed by atoms with van der Waals surface area (Å²) < 4.78 is 11.0. The van der Waals surface area contributed by atoms with Crippen LogP contribution in [-0.4, -0.2) is 40.6 Å². The molecule has 1 atom stereocenters. The standard InChI is InChI=1S/C24H26N4O3/c1-4-28(5-2)20(21-12-9-13-30-21)15-25-23(29)18-14-19(17-10-7-6-8-11-17)26-24-22(18)16(3)27-31-24/h6-14,20H,4-5,15H2,1-3H3,(H,25,29). The van der Waals surface area contributed by atoms with E-state index in [0.717, 1.165) is 24.4 Å². The minimum Gasteiger partial charge on any atom is -0.468 e. The second-order valence-corrected chi connectivity index (χ2v) is 7.33. The Balaban J connectivity index is 1.66. The zero-order valence-electron chi connectivity index (χ0n) is 18.0. The van der Waals surface area contributed by atoms with Gasteiger partial charge in [-0.2, -0.15) is 0 Å². The van der Waals surface area contributed by atoms with Crippen molar-refractivity contribution in [2.75, 3.05) is 19.6 Å². The van der Waals surface area contributed by atoms with Gasteiger partial charge in [-0.3, -0.25) is 9.69 Å². The van der Waals surface area contributed by atoms with Gasteiger partial charge in [0, 0.05) is 12.1 Å². The third kappa shape index (κ3) is 4.22. The second-order valence-electron chi connectivity index (χ2n) is 7.33. The summed E-state index contributed by atoms with van der Waals surface area (Å²) in [4.78, 5) is 20.1. The summed E-state index contributed by atoms with van der Waals surface area (Å²) in [6, 6.07) is 15.3.